The molecule has 0 bridgehead atoms. The molecule has 0 amide bonds. The summed E-state index contributed by atoms with van der Waals surface area (Å²) in [5, 5.41) is 0. The van der Waals surface area contributed by atoms with E-state index in [1.165, 1.54) is 91.6 Å². The summed E-state index contributed by atoms with van der Waals surface area (Å²) in [7, 11) is 0. The van der Waals surface area contributed by atoms with E-state index < -0.39 is 0 Å². The van der Waals surface area contributed by atoms with Gasteiger partial charge in [0.2, 0.25) is 0 Å². The van der Waals surface area contributed by atoms with Crippen molar-refractivity contribution in [1.82, 2.24) is 0 Å². The second-order valence-corrected chi connectivity index (χ2v) is 14.7. The normalized spacial score (nSPS) is 11.8. The summed E-state index contributed by atoms with van der Waals surface area (Å²) in [5.74, 6) is 0.472. The molecule has 0 aliphatic carbocycles. The van der Waals surface area contributed by atoms with Crippen LogP contribution in [-0.2, 0) is 19.3 Å². The molecule has 1 nitrogen and oxygen atoms in total. The van der Waals surface area contributed by atoms with Crippen LogP contribution < -0.4 is 0 Å². The second kappa shape index (κ2) is 13.3. The molecule has 4 aromatic heterocycles. The lowest BCUT2D eigenvalue weighted by molar-refractivity contribution is 0.112. The highest BCUT2D eigenvalue weighted by atomic mass is 32.1. The first-order valence-electron chi connectivity index (χ1n) is 13.2. The molecular weight excluding hydrogens is 505 g/mol. The third-order valence-electron chi connectivity index (χ3n) is 6.54. The summed E-state index contributed by atoms with van der Waals surface area (Å²) in [5.41, 5.74) is 0.872. The molecule has 0 spiro atoms. The standard InChI is InChI=1S/C30H38OS4/c1-4-5-6-7-8-9-10-11-12-23-13-14-24(32-23)16-25-18-29-30(33-25)19-26(34-29)17-28-22(20-31)15-27(35-28)21(2)3/h13-15,18-21H,4-12,16-17H2,1-3H3. The van der Waals surface area contributed by atoms with Crippen molar-refractivity contribution >= 4 is 61.0 Å². The number of thiophene rings is 4. The maximum absolute atomic E-state index is 11.5. The van der Waals surface area contributed by atoms with E-state index in [-0.39, 0.29) is 0 Å². The van der Waals surface area contributed by atoms with Crippen LogP contribution in [0.25, 0.3) is 9.40 Å². The van der Waals surface area contributed by atoms with Crippen molar-refractivity contribution in [3.63, 3.8) is 0 Å². The molecular formula is C30H38OS4. The molecule has 0 radical (unpaired) electrons. The van der Waals surface area contributed by atoms with Crippen molar-refractivity contribution in [2.45, 2.75) is 97.3 Å². The smallest absolute Gasteiger partial charge is 0.151 e. The van der Waals surface area contributed by atoms with Crippen LogP contribution in [0.2, 0.25) is 0 Å². The lowest BCUT2D eigenvalue weighted by Gasteiger charge is -2.01. The number of fused-ring (bicyclic) bond motifs is 1. The fourth-order valence-corrected chi connectivity index (χ4v) is 9.42. The van der Waals surface area contributed by atoms with Gasteiger partial charge in [0.05, 0.1) is 0 Å². The highest BCUT2D eigenvalue weighted by Crippen LogP contribution is 2.37. The van der Waals surface area contributed by atoms with E-state index in [0.717, 1.165) is 24.7 Å². The number of unbranched alkanes of at least 4 members (excludes halogenated alkanes) is 7. The van der Waals surface area contributed by atoms with Crippen LogP contribution in [0.3, 0.4) is 0 Å². The Kier molecular flexibility index (Phi) is 10.2. The first-order valence-corrected chi connectivity index (χ1v) is 16.5. The number of rotatable bonds is 15. The molecule has 5 heteroatoms. The zero-order valence-electron chi connectivity index (χ0n) is 21.4. The third kappa shape index (κ3) is 7.61. The van der Waals surface area contributed by atoms with Gasteiger partial charge in [-0.3, -0.25) is 4.79 Å². The van der Waals surface area contributed by atoms with Crippen molar-refractivity contribution in [3.05, 3.63) is 65.2 Å². The van der Waals surface area contributed by atoms with Gasteiger partial charge in [-0.1, -0.05) is 65.7 Å². The Balaban J connectivity index is 1.27. The molecule has 0 saturated carbocycles. The van der Waals surface area contributed by atoms with Gasteiger partial charge in [-0.2, -0.15) is 0 Å². The van der Waals surface area contributed by atoms with E-state index in [4.69, 9.17) is 0 Å². The van der Waals surface area contributed by atoms with Gasteiger partial charge in [0.1, 0.15) is 0 Å². The summed E-state index contributed by atoms with van der Waals surface area (Å²) < 4.78 is 2.79. The van der Waals surface area contributed by atoms with Crippen LogP contribution in [0.1, 0.15) is 118 Å². The zero-order valence-corrected chi connectivity index (χ0v) is 24.6. The van der Waals surface area contributed by atoms with Crippen LogP contribution in [0.4, 0.5) is 0 Å². The zero-order chi connectivity index (χ0) is 24.6. The molecule has 4 rings (SSSR count). The topological polar surface area (TPSA) is 17.1 Å². The van der Waals surface area contributed by atoms with Crippen molar-refractivity contribution in [3.8, 4) is 0 Å². The predicted octanol–water partition coefficient (Wildman–Crippen LogP) is 10.9. The molecule has 0 aromatic carbocycles. The van der Waals surface area contributed by atoms with E-state index in [1.54, 1.807) is 16.2 Å². The van der Waals surface area contributed by atoms with Gasteiger partial charge < -0.3 is 0 Å². The molecule has 35 heavy (non-hydrogen) atoms. The Labute approximate surface area is 227 Å². The van der Waals surface area contributed by atoms with Crippen LogP contribution in [0.15, 0.2) is 30.3 Å². The van der Waals surface area contributed by atoms with Crippen molar-refractivity contribution in [1.29, 1.82) is 0 Å². The maximum atomic E-state index is 11.5. The van der Waals surface area contributed by atoms with Gasteiger partial charge in [-0.25, -0.2) is 0 Å². The van der Waals surface area contributed by atoms with E-state index in [0.29, 0.717) is 5.92 Å². The number of carbonyl (C=O) groups is 1. The second-order valence-electron chi connectivity index (χ2n) is 9.90. The molecule has 0 fully saturated rings. The van der Waals surface area contributed by atoms with Crippen LogP contribution in [0, 0.1) is 0 Å². The summed E-state index contributed by atoms with van der Waals surface area (Å²) >= 11 is 7.63. The van der Waals surface area contributed by atoms with E-state index in [9.17, 15) is 4.79 Å². The molecule has 0 aliphatic heterocycles. The van der Waals surface area contributed by atoms with Crippen LogP contribution in [-0.4, -0.2) is 6.29 Å². The van der Waals surface area contributed by atoms with Crippen molar-refractivity contribution < 1.29 is 4.79 Å². The van der Waals surface area contributed by atoms with Gasteiger partial charge in [-0.15, -0.1) is 45.3 Å². The van der Waals surface area contributed by atoms with Gasteiger partial charge in [0.25, 0.3) is 0 Å². The van der Waals surface area contributed by atoms with E-state index in [2.05, 4.69) is 51.1 Å². The first-order chi connectivity index (χ1) is 17.1. The molecule has 4 aromatic rings. The first kappa shape index (κ1) is 26.8. The molecule has 0 atom stereocenters. The minimum Gasteiger partial charge on any atom is -0.298 e. The molecule has 0 aliphatic rings. The SMILES string of the molecule is CCCCCCCCCCc1ccc(Cc2cc3sc(Cc4sc(C(C)C)cc4C=O)cc3s2)s1. The number of hydrogen-bond acceptors (Lipinski definition) is 5. The molecule has 0 saturated heterocycles. The Morgan fingerprint density at radius 3 is 2.00 bits per heavy atom. The Hall–Kier alpha value is -1.27. The Morgan fingerprint density at radius 2 is 1.34 bits per heavy atom. The lowest BCUT2D eigenvalue weighted by Crippen LogP contribution is -1.85. The minimum atomic E-state index is 0.472. The fraction of sp³-hybridized carbons (Fsp3) is 0.500. The predicted molar refractivity (Wildman–Crippen MR) is 160 cm³/mol. The van der Waals surface area contributed by atoms with Crippen molar-refractivity contribution in [2.75, 3.05) is 0 Å². The summed E-state index contributed by atoms with van der Waals surface area (Å²) in [4.78, 5) is 19.9. The van der Waals surface area contributed by atoms with E-state index in [1.807, 2.05) is 34.0 Å². The highest BCUT2D eigenvalue weighted by molar-refractivity contribution is 7.28. The summed E-state index contributed by atoms with van der Waals surface area (Å²) in [6.45, 7) is 6.67. The lowest BCUT2D eigenvalue weighted by atomic mass is 10.1. The van der Waals surface area contributed by atoms with Crippen LogP contribution in [0.5, 0.6) is 0 Å². The molecule has 0 N–H and O–H groups in total. The molecule has 4 heterocycles. The highest BCUT2D eigenvalue weighted by Gasteiger charge is 2.14. The largest absolute Gasteiger partial charge is 0.298 e. The number of aryl methyl sites for hydroxylation is 1. The van der Waals surface area contributed by atoms with Gasteiger partial charge in [-0.05, 0) is 49.1 Å². The fourth-order valence-electron chi connectivity index (χ4n) is 4.51. The van der Waals surface area contributed by atoms with E-state index >= 15 is 0 Å². The number of hydrogen-bond donors (Lipinski definition) is 0. The maximum Gasteiger partial charge on any atom is 0.151 e. The minimum absolute atomic E-state index is 0.472. The quantitative estimate of drug-likeness (QED) is 0.108. The average molecular weight is 543 g/mol. The summed E-state index contributed by atoms with van der Waals surface area (Å²) in [6.07, 6.45) is 15.3. The monoisotopic (exact) mass is 542 g/mol. The summed E-state index contributed by atoms with van der Waals surface area (Å²) in [6, 6.07) is 11.5. The van der Waals surface area contributed by atoms with Crippen molar-refractivity contribution in [2.24, 2.45) is 0 Å². The average Bonchev–Trinajstić information content (AvgIpc) is 3.60. The molecule has 188 valence electrons. The third-order valence-corrected chi connectivity index (χ3v) is 11.4. The Bertz CT molecular complexity index is 1170. The Morgan fingerprint density at radius 1 is 0.714 bits per heavy atom. The van der Waals surface area contributed by atoms with Gasteiger partial charge in [0.15, 0.2) is 6.29 Å². The van der Waals surface area contributed by atoms with Gasteiger partial charge >= 0.3 is 0 Å². The van der Waals surface area contributed by atoms with Gasteiger partial charge in [0, 0.05) is 57.1 Å². The number of aldehydes is 1. The number of carbonyl (C=O) groups excluding carboxylic acids is 1. The molecule has 0 unspecified atom stereocenters. The van der Waals surface area contributed by atoms with Crippen LogP contribution >= 0.6 is 45.3 Å².